The number of anilines is 2. The lowest BCUT2D eigenvalue weighted by Crippen LogP contribution is -2.22. The van der Waals surface area contributed by atoms with Gasteiger partial charge in [-0.3, -0.25) is 9.36 Å². The number of nitrogens with one attached hydrogen (secondary N) is 1. The van der Waals surface area contributed by atoms with Crippen LogP contribution in [0.25, 0.3) is 5.82 Å². The average Bonchev–Trinajstić information content (AvgIpc) is 3.11. The van der Waals surface area contributed by atoms with Crippen LogP contribution in [0, 0.1) is 13.8 Å². The summed E-state index contributed by atoms with van der Waals surface area (Å²) in [6, 6.07) is 9.45. The zero-order chi connectivity index (χ0) is 19.4. The maximum atomic E-state index is 12.5. The molecule has 0 radical (unpaired) electrons. The predicted octanol–water partition coefficient (Wildman–Crippen LogP) is 3.38. The van der Waals surface area contributed by atoms with Crippen molar-refractivity contribution in [1.82, 2.24) is 19.7 Å². The Morgan fingerprint density at radius 3 is 2.44 bits per heavy atom. The van der Waals surface area contributed by atoms with Crippen LogP contribution < -0.4 is 10.2 Å². The molecule has 0 atom stereocenters. The first-order valence-electron chi connectivity index (χ1n) is 9.04. The van der Waals surface area contributed by atoms with E-state index in [1.165, 1.54) is 0 Å². The van der Waals surface area contributed by atoms with Crippen molar-refractivity contribution in [2.24, 2.45) is 0 Å². The van der Waals surface area contributed by atoms with Crippen LogP contribution in [0.2, 0.25) is 0 Å². The summed E-state index contributed by atoms with van der Waals surface area (Å²) in [4.78, 5) is 18.9. The number of hydrogen-bond acceptors (Lipinski definition) is 5. The van der Waals surface area contributed by atoms with Gasteiger partial charge >= 0.3 is 0 Å². The van der Waals surface area contributed by atoms with Crippen LogP contribution in [0.5, 0.6) is 0 Å². The molecule has 0 saturated heterocycles. The number of nitrogens with zero attached hydrogens (tertiary/aromatic N) is 5. The van der Waals surface area contributed by atoms with Crippen molar-refractivity contribution in [2.75, 3.05) is 23.3 Å². The lowest BCUT2D eigenvalue weighted by Gasteiger charge is -2.22. The van der Waals surface area contributed by atoms with E-state index in [4.69, 9.17) is 0 Å². The normalized spacial score (nSPS) is 10.7. The standard InChI is InChI=1S/C20H24N6O/c1-5-25(6-2)16-7-8-17(14(3)13-16)22-20(27)18-9-10-19(24-23-18)26-12-11-21-15(26)4/h7-13H,5-6H2,1-4H3,(H,22,27). The number of amides is 1. The lowest BCUT2D eigenvalue weighted by atomic mass is 10.1. The van der Waals surface area contributed by atoms with Crippen molar-refractivity contribution in [3.63, 3.8) is 0 Å². The third-order valence-electron chi connectivity index (χ3n) is 4.54. The van der Waals surface area contributed by atoms with E-state index >= 15 is 0 Å². The van der Waals surface area contributed by atoms with Crippen LogP contribution in [0.15, 0.2) is 42.7 Å². The van der Waals surface area contributed by atoms with Crippen molar-refractivity contribution in [3.05, 3.63) is 59.8 Å². The molecule has 3 rings (SSSR count). The van der Waals surface area contributed by atoms with E-state index in [9.17, 15) is 4.79 Å². The highest BCUT2D eigenvalue weighted by Gasteiger charge is 2.12. The Labute approximate surface area is 159 Å². The maximum absolute atomic E-state index is 12.5. The van der Waals surface area contributed by atoms with Gasteiger partial charge in [0.15, 0.2) is 11.5 Å². The Morgan fingerprint density at radius 1 is 1.11 bits per heavy atom. The molecule has 0 unspecified atom stereocenters. The number of rotatable bonds is 6. The number of carbonyl (C=O) groups excluding carboxylic acids is 1. The zero-order valence-electron chi connectivity index (χ0n) is 16.1. The highest BCUT2D eigenvalue weighted by Crippen LogP contribution is 2.23. The fourth-order valence-electron chi connectivity index (χ4n) is 2.95. The van der Waals surface area contributed by atoms with Crippen LogP contribution >= 0.6 is 0 Å². The highest BCUT2D eigenvalue weighted by atomic mass is 16.1. The van der Waals surface area contributed by atoms with Crippen molar-refractivity contribution in [3.8, 4) is 5.82 Å². The van der Waals surface area contributed by atoms with E-state index in [1.54, 1.807) is 24.5 Å². The van der Waals surface area contributed by atoms with Gasteiger partial charge in [0.05, 0.1) is 0 Å². The Kier molecular flexibility index (Phi) is 5.49. The van der Waals surface area contributed by atoms with Gasteiger partial charge in [0, 0.05) is 36.9 Å². The number of carbonyl (C=O) groups is 1. The van der Waals surface area contributed by atoms with Crippen LogP contribution in [0.4, 0.5) is 11.4 Å². The van der Waals surface area contributed by atoms with Gasteiger partial charge in [-0.1, -0.05) is 0 Å². The summed E-state index contributed by atoms with van der Waals surface area (Å²) in [5.41, 5.74) is 3.19. The maximum Gasteiger partial charge on any atom is 0.276 e. The Morgan fingerprint density at radius 2 is 1.89 bits per heavy atom. The topological polar surface area (TPSA) is 75.9 Å². The molecular weight excluding hydrogens is 340 g/mol. The van der Waals surface area contributed by atoms with Crippen LogP contribution in [0.3, 0.4) is 0 Å². The average molecular weight is 364 g/mol. The summed E-state index contributed by atoms with van der Waals surface area (Å²) in [7, 11) is 0. The number of benzene rings is 1. The summed E-state index contributed by atoms with van der Waals surface area (Å²) < 4.78 is 1.81. The molecule has 0 bridgehead atoms. The van der Waals surface area contributed by atoms with Gasteiger partial charge in [-0.25, -0.2) is 4.98 Å². The lowest BCUT2D eigenvalue weighted by molar-refractivity contribution is 0.102. The molecule has 0 aliphatic rings. The second-order valence-corrected chi connectivity index (χ2v) is 6.25. The van der Waals surface area contributed by atoms with Gasteiger partial charge in [-0.2, -0.15) is 0 Å². The molecule has 0 aliphatic heterocycles. The van der Waals surface area contributed by atoms with E-state index in [-0.39, 0.29) is 11.6 Å². The Hall–Kier alpha value is -3.22. The molecule has 0 spiro atoms. The van der Waals surface area contributed by atoms with E-state index < -0.39 is 0 Å². The molecule has 7 nitrogen and oxygen atoms in total. The third kappa shape index (κ3) is 3.97. The molecule has 2 heterocycles. The second kappa shape index (κ2) is 7.99. The molecule has 140 valence electrons. The first kappa shape index (κ1) is 18.6. The van der Waals surface area contributed by atoms with Crippen molar-refractivity contribution < 1.29 is 4.79 Å². The van der Waals surface area contributed by atoms with Crippen molar-refractivity contribution in [1.29, 1.82) is 0 Å². The monoisotopic (exact) mass is 364 g/mol. The summed E-state index contributed by atoms with van der Waals surface area (Å²) in [5, 5.41) is 11.1. The largest absolute Gasteiger partial charge is 0.372 e. The second-order valence-electron chi connectivity index (χ2n) is 6.25. The minimum absolute atomic E-state index is 0.267. The van der Waals surface area contributed by atoms with E-state index in [2.05, 4.69) is 45.3 Å². The number of aromatic nitrogens is 4. The first-order valence-corrected chi connectivity index (χ1v) is 9.04. The molecule has 0 saturated carbocycles. The molecule has 1 amide bonds. The Balaban J connectivity index is 1.74. The van der Waals surface area contributed by atoms with Gasteiger partial charge in [0.2, 0.25) is 0 Å². The summed E-state index contributed by atoms with van der Waals surface area (Å²) in [6.07, 6.45) is 3.50. The molecule has 2 aromatic heterocycles. The minimum Gasteiger partial charge on any atom is -0.372 e. The molecule has 1 aromatic carbocycles. The smallest absolute Gasteiger partial charge is 0.276 e. The van der Waals surface area contributed by atoms with Gasteiger partial charge in [-0.15, -0.1) is 10.2 Å². The van der Waals surface area contributed by atoms with Crippen molar-refractivity contribution in [2.45, 2.75) is 27.7 Å². The molecule has 0 aliphatic carbocycles. The Bertz CT molecular complexity index is 928. The summed E-state index contributed by atoms with van der Waals surface area (Å²) >= 11 is 0. The summed E-state index contributed by atoms with van der Waals surface area (Å²) in [6.45, 7) is 10.0. The van der Waals surface area contributed by atoms with Crippen LogP contribution in [0.1, 0.15) is 35.7 Å². The molecule has 27 heavy (non-hydrogen) atoms. The molecule has 1 N–H and O–H groups in total. The third-order valence-corrected chi connectivity index (χ3v) is 4.54. The number of hydrogen-bond donors (Lipinski definition) is 1. The van der Waals surface area contributed by atoms with Gasteiger partial charge in [0.1, 0.15) is 5.82 Å². The van der Waals surface area contributed by atoms with E-state index in [0.717, 1.165) is 35.9 Å². The number of imidazole rings is 1. The fraction of sp³-hybridized carbons (Fsp3) is 0.300. The number of aryl methyl sites for hydroxylation is 2. The molecule has 7 heteroatoms. The zero-order valence-corrected chi connectivity index (χ0v) is 16.1. The van der Waals surface area contributed by atoms with E-state index in [1.807, 2.05) is 30.5 Å². The predicted molar refractivity (Wildman–Crippen MR) is 107 cm³/mol. The SMILES string of the molecule is CCN(CC)c1ccc(NC(=O)c2ccc(-n3ccnc3C)nn2)c(C)c1. The highest BCUT2D eigenvalue weighted by molar-refractivity contribution is 6.03. The first-order chi connectivity index (χ1) is 13.0. The molecule has 3 aromatic rings. The summed E-state index contributed by atoms with van der Waals surface area (Å²) in [5.74, 6) is 1.15. The quantitative estimate of drug-likeness (QED) is 0.726. The van der Waals surface area contributed by atoms with Crippen molar-refractivity contribution >= 4 is 17.3 Å². The van der Waals surface area contributed by atoms with Gasteiger partial charge in [0.25, 0.3) is 5.91 Å². The van der Waals surface area contributed by atoms with E-state index in [0.29, 0.717) is 5.82 Å². The molecular formula is C20H24N6O. The minimum atomic E-state index is -0.282. The molecule has 0 fully saturated rings. The van der Waals surface area contributed by atoms with Gasteiger partial charge < -0.3 is 10.2 Å². The van der Waals surface area contributed by atoms with Crippen LogP contribution in [-0.4, -0.2) is 38.7 Å². The fourth-order valence-corrected chi connectivity index (χ4v) is 2.95. The van der Waals surface area contributed by atoms with Gasteiger partial charge in [-0.05, 0) is 63.6 Å². The van der Waals surface area contributed by atoms with Crippen LogP contribution in [-0.2, 0) is 0 Å².